The van der Waals surface area contributed by atoms with E-state index in [0.29, 0.717) is 12.8 Å². The fourth-order valence-electron chi connectivity index (χ4n) is 5.26. The minimum Gasteiger partial charge on any atom is -0.476 e. The van der Waals surface area contributed by atoms with E-state index in [-0.39, 0.29) is 31.1 Å². The Morgan fingerprint density at radius 2 is 1.68 bits per heavy atom. The summed E-state index contributed by atoms with van der Waals surface area (Å²) < 4.78 is 76.4. The number of alkyl halides is 5. The first kappa shape index (κ1) is 21.2. The number of carbonyl (C=O) groups excluding carboxylic acids is 1. The van der Waals surface area contributed by atoms with Crippen molar-refractivity contribution in [3.05, 3.63) is 0 Å². The second kappa shape index (κ2) is 6.77. The average Bonchev–Trinajstić information content (AvgIpc) is 2.49. The Morgan fingerprint density at radius 3 is 2.11 bits per heavy atom. The second-order valence-corrected chi connectivity index (χ2v) is 7.96. The van der Waals surface area contributed by atoms with E-state index in [0.717, 1.165) is 6.42 Å². The third-order valence-corrected chi connectivity index (χ3v) is 5.81. The van der Waals surface area contributed by atoms with Crippen LogP contribution in [0.3, 0.4) is 0 Å². The molecule has 0 heterocycles. The van der Waals surface area contributed by atoms with Crippen molar-refractivity contribution < 1.29 is 56.0 Å². The van der Waals surface area contributed by atoms with E-state index in [1.807, 2.05) is 0 Å². The number of rotatable bonds is 7. The third kappa shape index (κ3) is 3.57. The van der Waals surface area contributed by atoms with E-state index in [1.54, 1.807) is 0 Å². The van der Waals surface area contributed by atoms with Gasteiger partial charge in [-0.05, 0) is 50.4 Å². The summed E-state index contributed by atoms with van der Waals surface area (Å²) in [5.41, 5.74) is -2.69. The standard InChI is InChI=1S/C16H19F5O7/c17-12(18)26-7-27-15(10(22)23,16(19,20)21)28-11(24)13-2-8-1-9(3-13)5-14(25,4-8)6-13/h8-9,12,25H,1-7H2,(H,22,23). The molecule has 3 atom stereocenters. The zero-order valence-electron chi connectivity index (χ0n) is 14.5. The van der Waals surface area contributed by atoms with Crippen LogP contribution in [-0.4, -0.2) is 53.1 Å². The van der Waals surface area contributed by atoms with Crippen LogP contribution >= 0.6 is 0 Å². The number of aliphatic carboxylic acids is 1. The number of carboxylic acids is 1. The lowest BCUT2D eigenvalue weighted by Crippen LogP contribution is -2.63. The Hall–Kier alpha value is -1.53. The molecule has 12 heteroatoms. The number of aliphatic hydroxyl groups is 1. The molecule has 0 aliphatic heterocycles. The molecule has 4 bridgehead atoms. The van der Waals surface area contributed by atoms with Crippen molar-refractivity contribution in [2.75, 3.05) is 6.79 Å². The van der Waals surface area contributed by atoms with E-state index in [9.17, 15) is 36.6 Å². The summed E-state index contributed by atoms with van der Waals surface area (Å²) in [7, 11) is 0. The molecule has 7 nitrogen and oxygen atoms in total. The molecular weight excluding hydrogens is 399 g/mol. The molecule has 0 aromatic rings. The largest absolute Gasteiger partial charge is 0.476 e. The normalized spacial score (nSPS) is 36.4. The maximum atomic E-state index is 13.5. The molecule has 4 aliphatic rings. The Bertz CT molecular complexity index is 638. The van der Waals surface area contributed by atoms with E-state index in [1.165, 1.54) is 0 Å². The van der Waals surface area contributed by atoms with Crippen LogP contribution in [0.1, 0.15) is 38.5 Å². The number of hydrogen-bond donors (Lipinski definition) is 2. The van der Waals surface area contributed by atoms with Crippen molar-refractivity contribution in [1.82, 2.24) is 0 Å². The molecule has 0 radical (unpaired) electrons. The average molecular weight is 418 g/mol. The number of halogens is 5. The highest BCUT2D eigenvalue weighted by Gasteiger charge is 2.70. The van der Waals surface area contributed by atoms with Crippen LogP contribution in [0.2, 0.25) is 0 Å². The molecule has 4 rings (SSSR count). The fraction of sp³-hybridized carbons (Fsp3) is 0.875. The molecule has 160 valence electrons. The van der Waals surface area contributed by atoms with Crippen molar-refractivity contribution in [3.8, 4) is 0 Å². The molecule has 0 amide bonds. The van der Waals surface area contributed by atoms with Gasteiger partial charge in [0, 0.05) is 0 Å². The smallest absolute Gasteiger partial charge is 0.468 e. The molecule has 4 aliphatic carbocycles. The summed E-state index contributed by atoms with van der Waals surface area (Å²) >= 11 is 0. The summed E-state index contributed by atoms with van der Waals surface area (Å²) in [6.45, 7) is -5.29. The Balaban J connectivity index is 1.86. The first-order chi connectivity index (χ1) is 12.8. The molecule has 0 spiro atoms. The van der Waals surface area contributed by atoms with Gasteiger partial charge in [0.2, 0.25) is 0 Å². The molecule has 4 fully saturated rings. The lowest BCUT2D eigenvalue weighted by Gasteiger charge is -2.59. The van der Waals surface area contributed by atoms with Crippen molar-refractivity contribution in [3.63, 3.8) is 0 Å². The zero-order chi connectivity index (χ0) is 21.0. The Labute approximate surface area is 155 Å². The van der Waals surface area contributed by atoms with Crippen LogP contribution in [0, 0.1) is 17.3 Å². The minimum absolute atomic E-state index is 0.0907. The van der Waals surface area contributed by atoms with Gasteiger partial charge in [-0.1, -0.05) is 0 Å². The lowest BCUT2D eigenvalue weighted by atomic mass is 9.48. The molecule has 0 saturated heterocycles. The van der Waals surface area contributed by atoms with Gasteiger partial charge in [-0.15, -0.1) is 0 Å². The van der Waals surface area contributed by atoms with E-state index in [2.05, 4.69) is 14.2 Å². The molecule has 3 unspecified atom stereocenters. The third-order valence-electron chi connectivity index (χ3n) is 5.81. The van der Waals surface area contributed by atoms with Gasteiger partial charge in [0.05, 0.1) is 11.0 Å². The number of carboxylic acid groups (broad SMARTS) is 1. The summed E-state index contributed by atoms with van der Waals surface area (Å²) in [5.74, 6) is -8.88. The quantitative estimate of drug-likeness (QED) is 0.372. The van der Waals surface area contributed by atoms with Gasteiger partial charge in [0.1, 0.15) is 0 Å². The van der Waals surface area contributed by atoms with Crippen molar-refractivity contribution in [2.24, 2.45) is 17.3 Å². The van der Waals surface area contributed by atoms with Crippen LogP contribution in [-0.2, 0) is 23.8 Å². The number of esters is 1. The van der Waals surface area contributed by atoms with Gasteiger partial charge >= 0.3 is 30.5 Å². The van der Waals surface area contributed by atoms with Gasteiger partial charge in [0.15, 0.2) is 6.79 Å². The van der Waals surface area contributed by atoms with Crippen molar-refractivity contribution in [1.29, 1.82) is 0 Å². The van der Waals surface area contributed by atoms with Crippen molar-refractivity contribution >= 4 is 11.9 Å². The predicted molar refractivity (Wildman–Crippen MR) is 77.6 cm³/mol. The van der Waals surface area contributed by atoms with Crippen LogP contribution in [0.5, 0.6) is 0 Å². The van der Waals surface area contributed by atoms with Crippen LogP contribution < -0.4 is 0 Å². The van der Waals surface area contributed by atoms with E-state index in [4.69, 9.17) is 5.11 Å². The SMILES string of the molecule is O=C(OC(OCOC(F)F)(C(=O)O)C(F)(F)F)C12CC3CC(CC(O)(C3)C1)C2. The van der Waals surface area contributed by atoms with Gasteiger partial charge in [0.25, 0.3) is 0 Å². The molecule has 28 heavy (non-hydrogen) atoms. The summed E-state index contributed by atoms with van der Waals surface area (Å²) in [4.78, 5) is 24.1. The van der Waals surface area contributed by atoms with Gasteiger partial charge in [-0.3, -0.25) is 14.3 Å². The lowest BCUT2D eigenvalue weighted by molar-refractivity contribution is -0.379. The molecule has 2 N–H and O–H groups in total. The number of ether oxygens (including phenoxy) is 3. The van der Waals surface area contributed by atoms with Crippen LogP contribution in [0.15, 0.2) is 0 Å². The second-order valence-electron chi connectivity index (χ2n) is 7.96. The number of carbonyl (C=O) groups is 2. The summed E-state index contributed by atoms with van der Waals surface area (Å²) in [5, 5.41) is 19.7. The maximum Gasteiger partial charge on any atom is 0.468 e. The molecule has 4 saturated carbocycles. The zero-order valence-corrected chi connectivity index (χ0v) is 14.5. The van der Waals surface area contributed by atoms with Crippen molar-refractivity contribution in [2.45, 2.75) is 62.7 Å². The van der Waals surface area contributed by atoms with Gasteiger partial charge in [-0.25, -0.2) is 4.79 Å². The highest BCUT2D eigenvalue weighted by atomic mass is 19.4. The Kier molecular flexibility index (Phi) is 5.12. The van der Waals surface area contributed by atoms with Crippen LogP contribution in [0.25, 0.3) is 0 Å². The van der Waals surface area contributed by atoms with Gasteiger partial charge < -0.3 is 14.9 Å². The van der Waals surface area contributed by atoms with E-state index >= 15 is 0 Å². The van der Waals surface area contributed by atoms with Crippen LogP contribution in [0.4, 0.5) is 22.0 Å². The first-order valence-electron chi connectivity index (χ1n) is 8.61. The van der Waals surface area contributed by atoms with E-state index < -0.39 is 48.3 Å². The highest BCUT2D eigenvalue weighted by molar-refractivity contribution is 5.84. The monoisotopic (exact) mass is 418 g/mol. The highest BCUT2D eigenvalue weighted by Crippen LogP contribution is 2.62. The molecular formula is C16H19F5O7. The number of hydrogen-bond acceptors (Lipinski definition) is 6. The summed E-state index contributed by atoms with van der Waals surface area (Å²) in [6.07, 6.45) is -4.04. The maximum absolute atomic E-state index is 13.5. The first-order valence-corrected chi connectivity index (χ1v) is 8.61. The minimum atomic E-state index is -5.76. The Morgan fingerprint density at radius 1 is 1.11 bits per heavy atom. The predicted octanol–water partition coefficient (Wildman–Crippen LogP) is 2.42. The fourth-order valence-corrected chi connectivity index (χ4v) is 5.26. The molecule has 0 aromatic carbocycles. The molecule has 0 aromatic heterocycles. The van der Waals surface area contributed by atoms with Gasteiger partial charge in [-0.2, -0.15) is 22.0 Å². The topological polar surface area (TPSA) is 102 Å². The summed E-state index contributed by atoms with van der Waals surface area (Å²) in [6, 6.07) is 0.